The zero-order valence-electron chi connectivity index (χ0n) is 15.1. The lowest BCUT2D eigenvalue weighted by molar-refractivity contribution is 1.26. The molecule has 3 nitrogen and oxygen atoms in total. The number of benzene rings is 3. The first-order chi connectivity index (χ1) is 13.9. The highest BCUT2D eigenvalue weighted by Crippen LogP contribution is 2.45. The van der Waals surface area contributed by atoms with Gasteiger partial charge in [0.15, 0.2) is 0 Å². The highest BCUT2D eigenvalue weighted by Gasteiger charge is 2.23. The van der Waals surface area contributed by atoms with Crippen molar-refractivity contribution in [2.75, 3.05) is 0 Å². The average Bonchev–Trinajstić information content (AvgIpc) is 3.32. The molecule has 0 atom stereocenters. The molecule has 7 rings (SSSR count). The third-order valence-electron chi connectivity index (χ3n) is 6.07. The summed E-state index contributed by atoms with van der Waals surface area (Å²) in [6.45, 7) is 0. The van der Waals surface area contributed by atoms with E-state index in [1.54, 1.807) is 0 Å². The first-order valence-corrected chi connectivity index (χ1v) is 9.57. The fraction of sp³-hybridized carbons (Fsp3) is 0.0400. The fourth-order valence-corrected chi connectivity index (χ4v) is 4.93. The van der Waals surface area contributed by atoms with E-state index in [1.807, 2.05) is 12.4 Å². The largest absolute Gasteiger partial charge is 0.292 e. The van der Waals surface area contributed by atoms with Crippen molar-refractivity contribution in [3.63, 3.8) is 0 Å². The molecule has 0 bridgehead atoms. The van der Waals surface area contributed by atoms with Gasteiger partial charge in [-0.25, -0.2) is 4.98 Å². The van der Waals surface area contributed by atoms with Crippen LogP contribution in [0.25, 0.3) is 49.5 Å². The van der Waals surface area contributed by atoms with Crippen LogP contribution in [0.4, 0.5) is 0 Å². The van der Waals surface area contributed by atoms with E-state index >= 15 is 0 Å². The van der Waals surface area contributed by atoms with Gasteiger partial charge in [0.2, 0.25) is 0 Å². The van der Waals surface area contributed by atoms with Gasteiger partial charge in [0.25, 0.3) is 0 Å². The van der Waals surface area contributed by atoms with Gasteiger partial charge >= 0.3 is 0 Å². The van der Waals surface area contributed by atoms with E-state index in [2.05, 4.69) is 76.1 Å². The van der Waals surface area contributed by atoms with E-state index in [9.17, 15) is 0 Å². The summed E-state index contributed by atoms with van der Waals surface area (Å²) < 4.78 is 2.28. The molecule has 0 amide bonds. The molecule has 0 N–H and O–H groups in total. The number of pyridine rings is 2. The predicted octanol–water partition coefficient (Wildman–Crippen LogP) is 5.76. The molecule has 3 heteroatoms. The first-order valence-electron chi connectivity index (χ1n) is 9.57. The van der Waals surface area contributed by atoms with Gasteiger partial charge in [-0.2, -0.15) is 0 Å². The van der Waals surface area contributed by atoms with Crippen molar-refractivity contribution < 1.29 is 0 Å². The van der Waals surface area contributed by atoms with Gasteiger partial charge in [-0.1, -0.05) is 54.6 Å². The quantitative estimate of drug-likeness (QED) is 0.323. The topological polar surface area (TPSA) is 30.2 Å². The second kappa shape index (κ2) is 4.96. The molecule has 3 aromatic carbocycles. The van der Waals surface area contributed by atoms with E-state index in [1.165, 1.54) is 43.9 Å². The molecule has 3 heterocycles. The van der Waals surface area contributed by atoms with Crippen molar-refractivity contribution in [1.82, 2.24) is 14.4 Å². The number of imidazole rings is 1. The summed E-state index contributed by atoms with van der Waals surface area (Å²) in [5.41, 5.74) is 9.77. The Bertz CT molecular complexity index is 1590. The molecule has 0 saturated carbocycles. The Balaban J connectivity index is 1.82. The van der Waals surface area contributed by atoms with Crippen molar-refractivity contribution in [2.45, 2.75) is 6.42 Å². The van der Waals surface area contributed by atoms with Crippen molar-refractivity contribution in [1.29, 1.82) is 0 Å². The third-order valence-corrected chi connectivity index (χ3v) is 6.07. The molecular formula is C25H15N3. The average molecular weight is 357 g/mol. The Labute approximate surface area is 160 Å². The number of para-hydroxylation sites is 1. The first kappa shape index (κ1) is 14.4. The summed E-state index contributed by atoms with van der Waals surface area (Å²) >= 11 is 0. The van der Waals surface area contributed by atoms with Crippen LogP contribution in [0.5, 0.6) is 0 Å². The highest BCUT2D eigenvalue weighted by atomic mass is 15.0. The van der Waals surface area contributed by atoms with Crippen LogP contribution in [0.1, 0.15) is 11.1 Å². The second-order valence-corrected chi connectivity index (χ2v) is 7.51. The minimum absolute atomic E-state index is 0.932. The number of nitrogens with zero attached hydrogens (tertiary/aromatic N) is 3. The smallest absolute Gasteiger partial charge is 0.146 e. The summed E-state index contributed by atoms with van der Waals surface area (Å²) in [6.07, 6.45) is 4.70. The van der Waals surface area contributed by atoms with E-state index < -0.39 is 0 Å². The van der Waals surface area contributed by atoms with Crippen LogP contribution in [-0.4, -0.2) is 14.4 Å². The van der Waals surface area contributed by atoms with Gasteiger partial charge in [0.05, 0.1) is 17.2 Å². The summed E-state index contributed by atoms with van der Waals surface area (Å²) in [6, 6.07) is 24.0. The Morgan fingerprint density at radius 2 is 1.64 bits per heavy atom. The molecule has 0 aliphatic heterocycles. The summed E-state index contributed by atoms with van der Waals surface area (Å²) in [7, 11) is 0. The SMILES string of the molecule is c1ccc2c(c1)Cc1ccc3c(c1-2)c1ccccc1n1c2ccncc2nc31. The molecule has 1 aliphatic carbocycles. The molecule has 0 fully saturated rings. The van der Waals surface area contributed by atoms with Crippen LogP contribution in [0.2, 0.25) is 0 Å². The molecule has 28 heavy (non-hydrogen) atoms. The van der Waals surface area contributed by atoms with Gasteiger partial charge in [-0.3, -0.25) is 9.38 Å². The van der Waals surface area contributed by atoms with Crippen molar-refractivity contribution in [3.05, 3.63) is 90.3 Å². The molecule has 0 unspecified atom stereocenters. The van der Waals surface area contributed by atoms with E-state index in [-0.39, 0.29) is 0 Å². The number of hydrogen-bond acceptors (Lipinski definition) is 2. The molecule has 130 valence electrons. The number of fused-ring (bicyclic) bond motifs is 12. The normalized spacial score (nSPS) is 12.9. The number of rotatable bonds is 0. The minimum Gasteiger partial charge on any atom is -0.292 e. The minimum atomic E-state index is 0.932. The maximum Gasteiger partial charge on any atom is 0.146 e. The lowest BCUT2D eigenvalue weighted by Gasteiger charge is -2.13. The van der Waals surface area contributed by atoms with Gasteiger partial charge < -0.3 is 0 Å². The van der Waals surface area contributed by atoms with E-state index in [4.69, 9.17) is 4.98 Å². The maximum absolute atomic E-state index is 4.98. The molecular weight excluding hydrogens is 342 g/mol. The monoisotopic (exact) mass is 357 g/mol. The van der Waals surface area contributed by atoms with Crippen LogP contribution >= 0.6 is 0 Å². The van der Waals surface area contributed by atoms with Crippen molar-refractivity contribution >= 4 is 38.4 Å². The summed E-state index contributed by atoms with van der Waals surface area (Å²) in [5.74, 6) is 0. The molecule has 0 radical (unpaired) electrons. The van der Waals surface area contributed by atoms with Crippen LogP contribution < -0.4 is 0 Å². The Morgan fingerprint density at radius 3 is 2.64 bits per heavy atom. The van der Waals surface area contributed by atoms with Gasteiger partial charge in [-0.15, -0.1) is 0 Å². The van der Waals surface area contributed by atoms with Crippen LogP contribution in [0.3, 0.4) is 0 Å². The molecule has 3 aromatic heterocycles. The number of hydrogen-bond donors (Lipinski definition) is 0. The van der Waals surface area contributed by atoms with Crippen LogP contribution in [-0.2, 0) is 6.42 Å². The number of aromatic nitrogens is 3. The van der Waals surface area contributed by atoms with Gasteiger partial charge in [0.1, 0.15) is 11.2 Å². The van der Waals surface area contributed by atoms with Crippen molar-refractivity contribution in [2.24, 2.45) is 0 Å². The summed E-state index contributed by atoms with van der Waals surface area (Å²) in [5, 5.41) is 3.79. The highest BCUT2D eigenvalue weighted by molar-refractivity contribution is 6.20. The Hall–Kier alpha value is -3.72. The zero-order chi connectivity index (χ0) is 18.2. The van der Waals surface area contributed by atoms with Crippen LogP contribution in [0, 0.1) is 0 Å². The van der Waals surface area contributed by atoms with E-state index in [0.29, 0.717) is 0 Å². The zero-order valence-corrected chi connectivity index (χ0v) is 15.1. The van der Waals surface area contributed by atoms with Crippen molar-refractivity contribution in [3.8, 4) is 11.1 Å². The Kier molecular flexibility index (Phi) is 2.54. The van der Waals surface area contributed by atoms with Gasteiger partial charge in [0, 0.05) is 22.4 Å². The maximum atomic E-state index is 4.98. The lowest BCUT2D eigenvalue weighted by Crippen LogP contribution is -1.93. The second-order valence-electron chi connectivity index (χ2n) is 7.51. The van der Waals surface area contributed by atoms with Gasteiger partial charge in [-0.05, 0) is 40.8 Å². The predicted molar refractivity (Wildman–Crippen MR) is 114 cm³/mol. The standard InChI is InChI=1S/C25H15N3/c1-2-6-17-15(5-1)13-16-9-10-19-24(23(16)17)18-7-3-4-8-21(18)28-22-11-12-26-14-20(22)27-25(19)28/h1-12,14H,13H2. The molecule has 6 aromatic rings. The molecule has 1 aliphatic rings. The molecule has 0 saturated heterocycles. The van der Waals surface area contributed by atoms with E-state index in [0.717, 1.165) is 23.1 Å². The Morgan fingerprint density at radius 1 is 0.750 bits per heavy atom. The summed E-state index contributed by atoms with van der Waals surface area (Å²) in [4.78, 5) is 9.26. The third kappa shape index (κ3) is 1.65. The fourth-order valence-electron chi connectivity index (χ4n) is 4.93. The van der Waals surface area contributed by atoms with Crippen LogP contribution in [0.15, 0.2) is 79.1 Å². The lowest BCUT2D eigenvalue weighted by atomic mass is 9.95. The molecule has 0 spiro atoms.